The Kier molecular flexibility index (Phi) is 3.67. The number of H-pyrrole nitrogens is 1. The number of carbonyl (C=O) groups is 1. The predicted molar refractivity (Wildman–Crippen MR) is 99.0 cm³/mol. The average Bonchev–Trinajstić information content (AvgIpc) is 3.07. The highest BCUT2D eigenvalue weighted by molar-refractivity contribution is 6.07. The second-order valence-corrected chi connectivity index (χ2v) is 5.67. The Labute approximate surface area is 143 Å². The molecule has 25 heavy (non-hydrogen) atoms. The number of aromatic hydroxyl groups is 1. The Balaban J connectivity index is 1.61. The van der Waals surface area contributed by atoms with Gasteiger partial charge in [-0.2, -0.15) is 5.10 Å². The van der Waals surface area contributed by atoms with E-state index in [1.54, 1.807) is 12.3 Å². The Bertz CT molecular complexity index is 1110. The van der Waals surface area contributed by atoms with Gasteiger partial charge in [-0.3, -0.25) is 4.79 Å². The van der Waals surface area contributed by atoms with E-state index in [9.17, 15) is 9.90 Å². The van der Waals surface area contributed by atoms with Gasteiger partial charge in [0.15, 0.2) is 0 Å². The van der Waals surface area contributed by atoms with Gasteiger partial charge in [-0.15, -0.1) is 0 Å². The Hall–Kier alpha value is -3.60. The van der Waals surface area contributed by atoms with Crippen molar-refractivity contribution in [1.29, 1.82) is 0 Å². The van der Waals surface area contributed by atoms with E-state index in [0.29, 0.717) is 11.1 Å². The lowest BCUT2D eigenvalue weighted by molar-refractivity contribution is 0.0957. The van der Waals surface area contributed by atoms with Crippen LogP contribution in [0, 0.1) is 0 Å². The lowest BCUT2D eigenvalue weighted by Crippen LogP contribution is -2.17. The number of para-hydroxylation sites is 1. The van der Waals surface area contributed by atoms with Gasteiger partial charge in [0, 0.05) is 22.7 Å². The van der Waals surface area contributed by atoms with Crippen molar-refractivity contribution in [1.82, 2.24) is 10.4 Å². The number of phenolic OH excluding ortho intramolecular Hbond substituents is 1. The van der Waals surface area contributed by atoms with Crippen LogP contribution in [0.15, 0.2) is 72.0 Å². The lowest BCUT2D eigenvalue weighted by Gasteiger charge is -2.04. The van der Waals surface area contributed by atoms with Gasteiger partial charge in [0.25, 0.3) is 5.91 Å². The number of hydrogen-bond donors (Lipinski definition) is 3. The van der Waals surface area contributed by atoms with E-state index in [1.165, 1.54) is 6.21 Å². The van der Waals surface area contributed by atoms with Crippen LogP contribution in [-0.2, 0) is 0 Å². The van der Waals surface area contributed by atoms with Gasteiger partial charge in [0.1, 0.15) is 5.75 Å². The quantitative estimate of drug-likeness (QED) is 0.395. The van der Waals surface area contributed by atoms with Crippen molar-refractivity contribution in [3.8, 4) is 5.75 Å². The summed E-state index contributed by atoms with van der Waals surface area (Å²) in [6.07, 6.45) is 3.12. The molecule has 0 aliphatic carbocycles. The van der Waals surface area contributed by atoms with Crippen LogP contribution in [-0.4, -0.2) is 22.2 Å². The van der Waals surface area contributed by atoms with E-state index >= 15 is 0 Å². The van der Waals surface area contributed by atoms with Crippen molar-refractivity contribution in [3.63, 3.8) is 0 Å². The van der Waals surface area contributed by atoms with E-state index in [0.717, 1.165) is 21.7 Å². The maximum absolute atomic E-state index is 12.4. The molecule has 1 amide bonds. The second-order valence-electron chi connectivity index (χ2n) is 5.67. The molecule has 1 heterocycles. The molecule has 0 bridgehead atoms. The number of amides is 1. The number of carbonyl (C=O) groups excluding carboxylic acids is 1. The minimum Gasteiger partial charge on any atom is -0.507 e. The number of hydrogen-bond acceptors (Lipinski definition) is 3. The molecule has 0 saturated heterocycles. The van der Waals surface area contributed by atoms with Crippen molar-refractivity contribution >= 4 is 33.8 Å². The number of hydrazone groups is 1. The predicted octanol–water partition coefficient (Wildman–Crippen LogP) is 3.79. The van der Waals surface area contributed by atoms with Gasteiger partial charge in [-0.1, -0.05) is 48.5 Å². The van der Waals surface area contributed by atoms with Crippen LogP contribution in [0.5, 0.6) is 5.75 Å². The SMILES string of the molecule is O=C(NN=Cc1c(O)ccc2ccccc12)c1c[nH]c2ccccc12. The summed E-state index contributed by atoms with van der Waals surface area (Å²) >= 11 is 0. The van der Waals surface area contributed by atoms with Crippen LogP contribution in [0.3, 0.4) is 0 Å². The number of aromatic nitrogens is 1. The highest BCUT2D eigenvalue weighted by Crippen LogP contribution is 2.25. The molecule has 3 aromatic carbocycles. The standard InChI is InChI=1S/C20H15N3O2/c24-19-10-9-13-5-1-2-6-14(13)16(19)12-22-23-20(25)17-11-21-18-8-4-3-7-15(17)18/h1-12,21,24H,(H,23,25). The fourth-order valence-corrected chi connectivity index (χ4v) is 2.89. The molecule has 0 fully saturated rings. The first-order valence-electron chi connectivity index (χ1n) is 7.84. The second kappa shape index (κ2) is 6.13. The zero-order valence-electron chi connectivity index (χ0n) is 13.2. The summed E-state index contributed by atoms with van der Waals surface area (Å²) in [6.45, 7) is 0. The van der Waals surface area contributed by atoms with Crippen LogP contribution in [0.1, 0.15) is 15.9 Å². The third kappa shape index (κ3) is 2.72. The summed E-state index contributed by atoms with van der Waals surface area (Å²) in [4.78, 5) is 15.4. The lowest BCUT2D eigenvalue weighted by atomic mass is 10.0. The molecule has 0 aliphatic heterocycles. The van der Waals surface area contributed by atoms with E-state index in [-0.39, 0.29) is 11.7 Å². The molecule has 4 aromatic rings. The van der Waals surface area contributed by atoms with Crippen molar-refractivity contribution in [2.45, 2.75) is 0 Å². The summed E-state index contributed by atoms with van der Waals surface area (Å²) < 4.78 is 0. The molecule has 0 radical (unpaired) electrons. The average molecular weight is 329 g/mol. The summed E-state index contributed by atoms with van der Waals surface area (Å²) in [5, 5.41) is 16.8. The molecule has 0 unspecified atom stereocenters. The number of benzene rings is 3. The number of phenols is 1. The van der Waals surface area contributed by atoms with Crippen molar-refractivity contribution in [3.05, 3.63) is 78.0 Å². The minimum atomic E-state index is -0.312. The monoisotopic (exact) mass is 329 g/mol. The van der Waals surface area contributed by atoms with Gasteiger partial charge in [0.2, 0.25) is 0 Å². The third-order valence-corrected chi connectivity index (χ3v) is 4.14. The van der Waals surface area contributed by atoms with Crippen LogP contribution in [0.4, 0.5) is 0 Å². The first kappa shape index (κ1) is 15.0. The molecule has 1 aromatic heterocycles. The fraction of sp³-hybridized carbons (Fsp3) is 0. The molecule has 0 spiro atoms. The molecule has 5 heteroatoms. The zero-order chi connectivity index (χ0) is 17.2. The molecule has 122 valence electrons. The first-order chi connectivity index (χ1) is 12.2. The highest BCUT2D eigenvalue weighted by Gasteiger charge is 2.11. The molecule has 5 nitrogen and oxygen atoms in total. The van der Waals surface area contributed by atoms with Gasteiger partial charge in [-0.05, 0) is 22.9 Å². The number of fused-ring (bicyclic) bond motifs is 2. The summed E-state index contributed by atoms with van der Waals surface area (Å²) in [5.41, 5.74) is 4.50. The molecular formula is C20H15N3O2. The van der Waals surface area contributed by atoms with Gasteiger partial charge >= 0.3 is 0 Å². The van der Waals surface area contributed by atoms with Crippen molar-refractivity contribution < 1.29 is 9.90 Å². The molecule has 0 saturated carbocycles. The normalized spacial score (nSPS) is 11.4. The van der Waals surface area contributed by atoms with E-state index in [2.05, 4.69) is 15.5 Å². The number of nitrogens with one attached hydrogen (secondary N) is 2. The summed E-state index contributed by atoms with van der Waals surface area (Å²) in [7, 11) is 0. The van der Waals surface area contributed by atoms with Crippen LogP contribution in [0.25, 0.3) is 21.7 Å². The van der Waals surface area contributed by atoms with Gasteiger partial charge < -0.3 is 10.1 Å². The number of nitrogens with zero attached hydrogens (tertiary/aromatic N) is 1. The topological polar surface area (TPSA) is 77.5 Å². The Morgan fingerprint density at radius 1 is 1.00 bits per heavy atom. The highest BCUT2D eigenvalue weighted by atomic mass is 16.3. The van der Waals surface area contributed by atoms with E-state index in [1.807, 2.05) is 54.6 Å². The summed E-state index contributed by atoms with van der Waals surface area (Å²) in [6, 6.07) is 18.7. The van der Waals surface area contributed by atoms with Crippen LogP contribution < -0.4 is 5.43 Å². The minimum absolute atomic E-state index is 0.115. The van der Waals surface area contributed by atoms with Crippen molar-refractivity contribution in [2.24, 2.45) is 5.10 Å². The smallest absolute Gasteiger partial charge is 0.273 e. The summed E-state index contributed by atoms with van der Waals surface area (Å²) in [5.74, 6) is -0.197. The maximum atomic E-state index is 12.4. The molecular weight excluding hydrogens is 314 g/mol. The van der Waals surface area contributed by atoms with Gasteiger partial charge in [-0.25, -0.2) is 5.43 Å². The number of rotatable bonds is 3. The first-order valence-corrected chi connectivity index (χ1v) is 7.84. The van der Waals surface area contributed by atoms with E-state index < -0.39 is 0 Å². The van der Waals surface area contributed by atoms with E-state index in [4.69, 9.17) is 0 Å². The Morgan fingerprint density at radius 2 is 1.76 bits per heavy atom. The Morgan fingerprint density at radius 3 is 2.64 bits per heavy atom. The maximum Gasteiger partial charge on any atom is 0.273 e. The van der Waals surface area contributed by atoms with Crippen LogP contribution >= 0.6 is 0 Å². The van der Waals surface area contributed by atoms with Crippen molar-refractivity contribution in [2.75, 3.05) is 0 Å². The largest absolute Gasteiger partial charge is 0.507 e. The molecule has 4 rings (SSSR count). The molecule has 3 N–H and O–H groups in total. The molecule has 0 atom stereocenters. The zero-order valence-corrected chi connectivity index (χ0v) is 13.2. The third-order valence-electron chi connectivity index (χ3n) is 4.14. The van der Waals surface area contributed by atoms with Crippen LogP contribution in [0.2, 0.25) is 0 Å². The number of aromatic amines is 1. The molecule has 0 aliphatic rings. The van der Waals surface area contributed by atoms with Gasteiger partial charge in [0.05, 0.1) is 11.8 Å². The fourth-order valence-electron chi connectivity index (χ4n) is 2.89.